The van der Waals surface area contributed by atoms with Gasteiger partial charge in [0.05, 0.1) is 12.1 Å². The first-order valence-electron chi connectivity index (χ1n) is 11.7. The molecule has 0 spiro atoms. The van der Waals surface area contributed by atoms with E-state index in [2.05, 4.69) is 4.98 Å². The maximum atomic E-state index is 13.8. The van der Waals surface area contributed by atoms with Crippen molar-refractivity contribution < 1.29 is 31.6 Å². The zero-order valence-corrected chi connectivity index (χ0v) is 20.2. The van der Waals surface area contributed by atoms with Crippen molar-refractivity contribution >= 4 is 11.8 Å². The number of alkyl halides is 3. The summed E-state index contributed by atoms with van der Waals surface area (Å²) in [5.74, 6) is -0.595. The molecular formula is C26H26F4N4O3. The van der Waals surface area contributed by atoms with Crippen molar-refractivity contribution in [2.45, 2.75) is 32.7 Å². The number of oxazole rings is 1. The standard InChI is InChI=1S/C26H26F4N4O3/c1-18(35)33-8-10-34(11-9-33)25(36)23-17-37-24(31-23)16-32(15-20-5-3-7-22(27)13-20)14-19-4-2-6-21(12-19)26(28,29)30/h2-7,12-13,17H,8-11,14-16H2,1H3. The van der Waals surface area contributed by atoms with Crippen LogP contribution in [0.3, 0.4) is 0 Å². The molecule has 1 aromatic heterocycles. The molecule has 7 nitrogen and oxygen atoms in total. The van der Waals surface area contributed by atoms with E-state index in [4.69, 9.17) is 4.42 Å². The second-order valence-electron chi connectivity index (χ2n) is 8.90. The van der Waals surface area contributed by atoms with Crippen LogP contribution >= 0.6 is 0 Å². The van der Waals surface area contributed by atoms with Gasteiger partial charge in [-0.3, -0.25) is 14.5 Å². The Hall–Kier alpha value is -3.73. The van der Waals surface area contributed by atoms with Gasteiger partial charge < -0.3 is 14.2 Å². The Morgan fingerprint density at radius 3 is 2.19 bits per heavy atom. The van der Waals surface area contributed by atoms with E-state index in [9.17, 15) is 27.2 Å². The van der Waals surface area contributed by atoms with Crippen molar-refractivity contribution in [3.05, 3.63) is 88.9 Å². The third-order valence-corrected chi connectivity index (χ3v) is 6.10. The maximum absolute atomic E-state index is 13.8. The Labute approximate surface area is 211 Å². The van der Waals surface area contributed by atoms with Crippen LogP contribution in [0, 0.1) is 5.82 Å². The minimum atomic E-state index is -4.48. The van der Waals surface area contributed by atoms with Gasteiger partial charge in [-0.15, -0.1) is 0 Å². The number of carbonyl (C=O) groups excluding carboxylic acids is 2. The van der Waals surface area contributed by atoms with Crippen LogP contribution in [0.5, 0.6) is 0 Å². The number of halogens is 4. The second-order valence-corrected chi connectivity index (χ2v) is 8.90. The van der Waals surface area contributed by atoms with Crippen molar-refractivity contribution in [1.29, 1.82) is 0 Å². The summed E-state index contributed by atoms with van der Waals surface area (Å²) in [4.78, 5) is 33.7. The molecule has 0 aliphatic carbocycles. The quantitative estimate of drug-likeness (QED) is 0.436. The van der Waals surface area contributed by atoms with Crippen LogP contribution < -0.4 is 0 Å². The van der Waals surface area contributed by atoms with Crippen molar-refractivity contribution in [2.75, 3.05) is 26.2 Å². The van der Waals surface area contributed by atoms with Crippen LogP contribution in [0.1, 0.15) is 40.0 Å². The average molecular weight is 519 g/mol. The molecule has 0 bridgehead atoms. The lowest BCUT2D eigenvalue weighted by Gasteiger charge is -2.33. The summed E-state index contributed by atoms with van der Waals surface area (Å²) in [6.45, 7) is 3.51. The molecule has 37 heavy (non-hydrogen) atoms. The van der Waals surface area contributed by atoms with Gasteiger partial charge in [-0.1, -0.05) is 30.3 Å². The normalized spacial score (nSPS) is 14.3. The zero-order chi connectivity index (χ0) is 26.6. The summed E-state index contributed by atoms with van der Waals surface area (Å²) in [5, 5.41) is 0. The molecule has 1 aliphatic heterocycles. The number of amides is 2. The highest BCUT2D eigenvalue weighted by molar-refractivity contribution is 5.92. The zero-order valence-electron chi connectivity index (χ0n) is 20.2. The monoisotopic (exact) mass is 518 g/mol. The molecule has 2 heterocycles. The van der Waals surface area contributed by atoms with E-state index in [1.54, 1.807) is 32.9 Å². The summed E-state index contributed by atoms with van der Waals surface area (Å²) >= 11 is 0. The molecule has 0 atom stereocenters. The molecule has 1 saturated heterocycles. The third-order valence-electron chi connectivity index (χ3n) is 6.10. The van der Waals surface area contributed by atoms with Crippen LogP contribution in [0.25, 0.3) is 0 Å². The summed E-state index contributed by atoms with van der Waals surface area (Å²) in [6, 6.07) is 10.9. The van der Waals surface area contributed by atoms with Crippen molar-refractivity contribution in [3.63, 3.8) is 0 Å². The molecule has 1 aliphatic rings. The molecule has 2 aromatic carbocycles. The molecular weight excluding hydrogens is 492 g/mol. The number of rotatable bonds is 7. The first-order chi connectivity index (χ1) is 17.6. The highest BCUT2D eigenvalue weighted by Gasteiger charge is 2.30. The Balaban J connectivity index is 1.49. The molecule has 0 N–H and O–H groups in total. The lowest BCUT2D eigenvalue weighted by molar-refractivity contribution is -0.137. The van der Waals surface area contributed by atoms with Gasteiger partial charge in [0.25, 0.3) is 5.91 Å². The number of nitrogens with zero attached hydrogens (tertiary/aromatic N) is 4. The van der Waals surface area contributed by atoms with Crippen LogP contribution in [0.15, 0.2) is 59.2 Å². The van der Waals surface area contributed by atoms with E-state index in [1.165, 1.54) is 31.4 Å². The molecule has 1 fully saturated rings. The van der Waals surface area contributed by atoms with E-state index >= 15 is 0 Å². The van der Waals surface area contributed by atoms with Crippen molar-refractivity contribution in [3.8, 4) is 0 Å². The van der Waals surface area contributed by atoms with Gasteiger partial charge in [0.1, 0.15) is 12.1 Å². The molecule has 0 radical (unpaired) electrons. The first-order valence-corrected chi connectivity index (χ1v) is 11.7. The fourth-order valence-electron chi connectivity index (χ4n) is 4.22. The van der Waals surface area contributed by atoms with Crippen molar-refractivity contribution in [1.82, 2.24) is 19.7 Å². The molecule has 196 valence electrons. The van der Waals surface area contributed by atoms with Gasteiger partial charge >= 0.3 is 6.18 Å². The highest BCUT2D eigenvalue weighted by atomic mass is 19.4. The summed E-state index contributed by atoms with van der Waals surface area (Å²) in [7, 11) is 0. The SMILES string of the molecule is CC(=O)N1CCN(C(=O)c2coc(CN(Cc3cccc(F)c3)Cc3cccc(C(F)(F)F)c3)n2)CC1. The van der Waals surface area contributed by atoms with E-state index in [-0.39, 0.29) is 43.0 Å². The average Bonchev–Trinajstić information content (AvgIpc) is 3.31. The number of hydrogen-bond acceptors (Lipinski definition) is 5. The predicted molar refractivity (Wildman–Crippen MR) is 125 cm³/mol. The fourth-order valence-corrected chi connectivity index (χ4v) is 4.22. The van der Waals surface area contributed by atoms with E-state index in [0.29, 0.717) is 37.3 Å². The topological polar surface area (TPSA) is 69.9 Å². The molecule has 0 unspecified atom stereocenters. The Morgan fingerprint density at radius 1 is 0.946 bits per heavy atom. The van der Waals surface area contributed by atoms with E-state index < -0.39 is 17.6 Å². The number of aromatic nitrogens is 1. The number of piperazine rings is 1. The van der Waals surface area contributed by atoms with Gasteiger partial charge in [-0.05, 0) is 29.3 Å². The third kappa shape index (κ3) is 6.94. The maximum Gasteiger partial charge on any atom is 0.416 e. The number of hydrogen-bond donors (Lipinski definition) is 0. The lowest BCUT2D eigenvalue weighted by atomic mass is 10.1. The number of benzene rings is 2. The van der Waals surface area contributed by atoms with Crippen LogP contribution in [0.2, 0.25) is 0 Å². The van der Waals surface area contributed by atoms with Crippen LogP contribution in [-0.4, -0.2) is 57.7 Å². The summed E-state index contributed by atoms with van der Waals surface area (Å²) < 4.78 is 58.9. The van der Waals surface area contributed by atoms with Crippen LogP contribution in [-0.2, 0) is 30.6 Å². The molecule has 11 heteroatoms. The molecule has 4 rings (SSSR count). The molecule has 3 aromatic rings. The van der Waals surface area contributed by atoms with Gasteiger partial charge in [-0.25, -0.2) is 9.37 Å². The van der Waals surface area contributed by atoms with Gasteiger partial charge in [0.15, 0.2) is 5.69 Å². The Bertz CT molecular complexity index is 1250. The number of carbonyl (C=O) groups is 2. The molecule has 0 saturated carbocycles. The largest absolute Gasteiger partial charge is 0.447 e. The molecule has 2 amide bonds. The first kappa shape index (κ1) is 26.3. The summed E-state index contributed by atoms with van der Waals surface area (Å²) in [5.41, 5.74) is 0.385. The van der Waals surface area contributed by atoms with Gasteiger partial charge in [-0.2, -0.15) is 13.2 Å². The van der Waals surface area contributed by atoms with Crippen LogP contribution in [0.4, 0.5) is 17.6 Å². The summed E-state index contributed by atoms with van der Waals surface area (Å²) in [6.07, 6.45) is -3.23. The van der Waals surface area contributed by atoms with Gasteiger partial charge in [0, 0.05) is 46.2 Å². The smallest absolute Gasteiger partial charge is 0.416 e. The van der Waals surface area contributed by atoms with E-state index in [0.717, 1.165) is 12.1 Å². The van der Waals surface area contributed by atoms with Gasteiger partial charge in [0.2, 0.25) is 11.8 Å². The predicted octanol–water partition coefficient (Wildman–Crippen LogP) is 4.34. The minimum absolute atomic E-state index is 0.0463. The highest BCUT2D eigenvalue weighted by Crippen LogP contribution is 2.30. The Morgan fingerprint density at radius 2 is 1.57 bits per heavy atom. The van der Waals surface area contributed by atoms with E-state index in [1.807, 2.05) is 0 Å². The lowest BCUT2D eigenvalue weighted by Crippen LogP contribution is -2.50. The van der Waals surface area contributed by atoms with Crippen molar-refractivity contribution in [2.24, 2.45) is 0 Å². The fraction of sp³-hybridized carbons (Fsp3) is 0.346. The second kappa shape index (κ2) is 11.1. The Kier molecular flexibility index (Phi) is 7.91. The minimum Gasteiger partial charge on any atom is -0.447 e.